The predicted molar refractivity (Wildman–Crippen MR) is 56.5 cm³/mol. The first-order valence-electron chi connectivity index (χ1n) is 4.38. The maximum Gasteiger partial charge on any atom is 0.240 e. The van der Waals surface area contributed by atoms with E-state index in [0.717, 1.165) is 0 Å². The summed E-state index contributed by atoms with van der Waals surface area (Å²) in [4.78, 5) is 13.4. The molecule has 0 aliphatic heterocycles. The minimum absolute atomic E-state index is 0.0451. The van der Waals surface area contributed by atoms with Crippen LogP contribution in [0.2, 0.25) is 0 Å². The first-order valence-corrected chi connectivity index (χ1v) is 6.03. The summed E-state index contributed by atoms with van der Waals surface area (Å²) in [6.07, 6.45) is 1.31. The zero-order valence-electron chi connectivity index (χ0n) is 8.25. The van der Waals surface area contributed by atoms with Gasteiger partial charge in [0.1, 0.15) is 0 Å². The molecule has 0 aliphatic carbocycles. The van der Waals surface area contributed by atoms with Gasteiger partial charge < -0.3 is 0 Å². The average molecular weight is 236 g/mol. The maximum atomic E-state index is 11.6. The van der Waals surface area contributed by atoms with Crippen LogP contribution in [-0.2, 0) is 14.6 Å². The van der Waals surface area contributed by atoms with Crippen molar-refractivity contribution < 1.29 is 13.2 Å². The average Bonchev–Trinajstić information content (AvgIpc) is 2.28. The van der Waals surface area contributed by atoms with Crippen LogP contribution >= 0.6 is 0 Å². The lowest BCUT2D eigenvalue weighted by Gasteiger charge is -2.01. The topological polar surface area (TPSA) is 87.4 Å². The summed E-state index contributed by atoms with van der Waals surface area (Å²) in [7, 11) is -3.42. The maximum absolute atomic E-state index is 11.6. The van der Waals surface area contributed by atoms with Crippen LogP contribution in [0.3, 0.4) is 0 Å². The van der Waals surface area contributed by atoms with Gasteiger partial charge in [-0.15, -0.1) is 0 Å². The molecule has 0 heterocycles. The SMILES string of the molecule is N#CCCS(=O)(=O)c1ccc(N=C=O)cc1. The molecule has 82 valence electrons. The Labute approximate surface area is 93.0 Å². The second-order valence-electron chi connectivity index (χ2n) is 2.92. The van der Waals surface area contributed by atoms with Crippen molar-refractivity contribution in [3.63, 3.8) is 0 Å². The summed E-state index contributed by atoms with van der Waals surface area (Å²) in [5.41, 5.74) is 0.342. The van der Waals surface area contributed by atoms with Gasteiger partial charge in [-0.1, -0.05) is 0 Å². The van der Waals surface area contributed by atoms with Crippen LogP contribution in [0.4, 0.5) is 5.69 Å². The number of hydrogen-bond donors (Lipinski definition) is 0. The van der Waals surface area contributed by atoms with E-state index in [2.05, 4.69) is 4.99 Å². The molecule has 1 aromatic carbocycles. The summed E-state index contributed by atoms with van der Waals surface area (Å²) in [5, 5.41) is 8.32. The molecule has 0 N–H and O–H groups in total. The molecule has 0 atom stereocenters. The molecule has 0 amide bonds. The van der Waals surface area contributed by atoms with Gasteiger partial charge in [0.25, 0.3) is 0 Å². The number of sulfone groups is 1. The number of carbonyl (C=O) groups excluding carboxylic acids is 1. The fraction of sp³-hybridized carbons (Fsp3) is 0.200. The van der Waals surface area contributed by atoms with Crippen LogP contribution in [-0.4, -0.2) is 20.3 Å². The summed E-state index contributed by atoms with van der Waals surface area (Å²) in [5.74, 6) is -0.209. The molecule has 0 saturated heterocycles. The minimum atomic E-state index is -3.42. The normalized spacial score (nSPS) is 10.2. The van der Waals surface area contributed by atoms with Crippen molar-refractivity contribution in [2.75, 3.05) is 5.75 Å². The molecule has 16 heavy (non-hydrogen) atoms. The Bertz CT molecular complexity index is 549. The fourth-order valence-corrected chi connectivity index (χ4v) is 2.23. The van der Waals surface area contributed by atoms with Crippen molar-refractivity contribution in [1.29, 1.82) is 5.26 Å². The summed E-state index contributed by atoms with van der Waals surface area (Å²) in [6, 6.07) is 7.29. The molecular formula is C10H8N2O3S. The molecule has 5 nitrogen and oxygen atoms in total. The van der Waals surface area contributed by atoms with E-state index in [1.165, 1.54) is 30.3 Å². The van der Waals surface area contributed by atoms with Crippen LogP contribution < -0.4 is 0 Å². The second-order valence-corrected chi connectivity index (χ2v) is 5.03. The van der Waals surface area contributed by atoms with Crippen molar-refractivity contribution in [2.45, 2.75) is 11.3 Å². The molecule has 0 aromatic heterocycles. The molecule has 0 aliphatic rings. The highest BCUT2D eigenvalue weighted by Gasteiger charge is 2.13. The molecule has 0 spiro atoms. The zero-order valence-corrected chi connectivity index (χ0v) is 9.07. The summed E-state index contributed by atoms with van der Waals surface area (Å²) < 4.78 is 23.2. The smallest absolute Gasteiger partial charge is 0.224 e. The van der Waals surface area contributed by atoms with Crippen LogP contribution in [0.1, 0.15) is 6.42 Å². The number of rotatable bonds is 4. The second kappa shape index (κ2) is 5.21. The molecule has 0 fully saturated rings. The Kier molecular flexibility index (Phi) is 3.95. The third-order valence-corrected chi connectivity index (χ3v) is 3.59. The molecule has 0 saturated carbocycles. The molecule has 1 rings (SSSR count). The van der Waals surface area contributed by atoms with Gasteiger partial charge in [-0.25, -0.2) is 13.2 Å². The van der Waals surface area contributed by atoms with E-state index in [9.17, 15) is 13.2 Å². The third-order valence-electron chi connectivity index (χ3n) is 1.85. The van der Waals surface area contributed by atoms with Crippen molar-refractivity contribution in [1.82, 2.24) is 0 Å². The summed E-state index contributed by atoms with van der Waals surface area (Å²) in [6.45, 7) is 0. The summed E-state index contributed by atoms with van der Waals surface area (Å²) >= 11 is 0. The number of benzene rings is 1. The zero-order chi connectivity index (χ0) is 12.0. The lowest BCUT2D eigenvalue weighted by molar-refractivity contribution is 0.565. The molecular weight excluding hydrogens is 228 g/mol. The van der Waals surface area contributed by atoms with Crippen LogP contribution in [0, 0.1) is 11.3 Å². The first-order chi connectivity index (χ1) is 7.60. The van der Waals surface area contributed by atoms with Crippen LogP contribution in [0.15, 0.2) is 34.2 Å². The molecule has 0 bridgehead atoms. The van der Waals surface area contributed by atoms with Gasteiger partial charge in [0.05, 0.1) is 22.4 Å². The van der Waals surface area contributed by atoms with Gasteiger partial charge >= 0.3 is 0 Å². The minimum Gasteiger partial charge on any atom is -0.224 e. The van der Waals surface area contributed by atoms with E-state index in [1.807, 2.05) is 0 Å². The number of nitrogens with zero attached hydrogens (tertiary/aromatic N) is 2. The third kappa shape index (κ3) is 3.02. The Morgan fingerprint density at radius 3 is 2.38 bits per heavy atom. The van der Waals surface area contributed by atoms with E-state index in [4.69, 9.17) is 5.26 Å². The van der Waals surface area contributed by atoms with Crippen LogP contribution in [0.5, 0.6) is 0 Å². The monoisotopic (exact) mass is 236 g/mol. The highest BCUT2D eigenvalue weighted by molar-refractivity contribution is 7.91. The number of aliphatic imine (C=N–C) groups is 1. The van der Waals surface area contributed by atoms with E-state index in [-0.39, 0.29) is 17.1 Å². The number of nitriles is 1. The Hall–Kier alpha value is -1.96. The van der Waals surface area contributed by atoms with Gasteiger partial charge in [0.15, 0.2) is 9.84 Å². The standard InChI is InChI=1S/C10H8N2O3S/c11-6-1-7-16(14,15)10-4-2-9(3-5-10)12-8-13/h2-5H,1,7H2. The van der Waals surface area contributed by atoms with Crippen molar-refractivity contribution in [3.05, 3.63) is 24.3 Å². The predicted octanol–water partition coefficient (Wildman–Crippen LogP) is 1.34. The van der Waals surface area contributed by atoms with Gasteiger partial charge in [-0.2, -0.15) is 10.3 Å². The van der Waals surface area contributed by atoms with Gasteiger partial charge in [0.2, 0.25) is 6.08 Å². The van der Waals surface area contributed by atoms with Crippen molar-refractivity contribution >= 4 is 21.6 Å². The Morgan fingerprint density at radius 1 is 1.25 bits per heavy atom. The van der Waals surface area contributed by atoms with Crippen molar-refractivity contribution in [3.8, 4) is 6.07 Å². The highest BCUT2D eigenvalue weighted by Crippen LogP contribution is 2.17. The Morgan fingerprint density at radius 2 is 1.88 bits per heavy atom. The number of isocyanates is 1. The van der Waals surface area contributed by atoms with E-state index >= 15 is 0 Å². The molecule has 6 heteroatoms. The largest absolute Gasteiger partial charge is 0.240 e. The lowest BCUT2D eigenvalue weighted by atomic mass is 10.3. The van der Waals surface area contributed by atoms with Gasteiger partial charge in [-0.05, 0) is 24.3 Å². The van der Waals surface area contributed by atoms with Crippen LogP contribution in [0.25, 0.3) is 0 Å². The van der Waals surface area contributed by atoms with E-state index in [0.29, 0.717) is 5.69 Å². The Balaban J connectivity index is 2.98. The van der Waals surface area contributed by atoms with Gasteiger partial charge in [-0.3, -0.25) is 0 Å². The van der Waals surface area contributed by atoms with E-state index < -0.39 is 9.84 Å². The molecule has 1 aromatic rings. The first kappa shape index (κ1) is 12.1. The van der Waals surface area contributed by atoms with Gasteiger partial charge in [0, 0.05) is 6.42 Å². The van der Waals surface area contributed by atoms with Crippen molar-refractivity contribution in [2.24, 2.45) is 4.99 Å². The lowest BCUT2D eigenvalue weighted by Crippen LogP contribution is -2.05. The molecule has 0 radical (unpaired) electrons. The molecule has 0 unspecified atom stereocenters. The highest BCUT2D eigenvalue weighted by atomic mass is 32.2. The van der Waals surface area contributed by atoms with E-state index in [1.54, 1.807) is 6.07 Å². The number of hydrogen-bond acceptors (Lipinski definition) is 5. The fourth-order valence-electron chi connectivity index (χ4n) is 1.08. The quantitative estimate of drug-likeness (QED) is 0.583.